The molecule has 1 rings (SSSR count). The van der Waals surface area contributed by atoms with E-state index in [9.17, 15) is 9.90 Å². The van der Waals surface area contributed by atoms with Gasteiger partial charge in [0.1, 0.15) is 0 Å². The molecular weight excluding hydrogens is 270 g/mol. The van der Waals surface area contributed by atoms with Gasteiger partial charge in [-0.15, -0.1) is 0 Å². The Labute approximate surface area is 126 Å². The van der Waals surface area contributed by atoms with Crippen LogP contribution in [0.1, 0.15) is 44.0 Å². The van der Waals surface area contributed by atoms with Crippen molar-refractivity contribution < 1.29 is 19.4 Å². The van der Waals surface area contributed by atoms with Crippen molar-refractivity contribution in [3.8, 4) is 11.5 Å². The van der Waals surface area contributed by atoms with Crippen molar-refractivity contribution in [3.05, 3.63) is 23.8 Å². The number of benzene rings is 1. The van der Waals surface area contributed by atoms with Gasteiger partial charge in [-0.3, -0.25) is 4.79 Å². The number of amides is 1. The van der Waals surface area contributed by atoms with Crippen LogP contribution in [0, 0.1) is 0 Å². The fourth-order valence-electron chi connectivity index (χ4n) is 1.93. The van der Waals surface area contributed by atoms with E-state index in [-0.39, 0.29) is 12.5 Å². The van der Waals surface area contributed by atoms with E-state index >= 15 is 0 Å². The third-order valence-corrected chi connectivity index (χ3v) is 3.62. The Morgan fingerprint density at radius 1 is 1.24 bits per heavy atom. The average Bonchev–Trinajstić information content (AvgIpc) is 2.52. The van der Waals surface area contributed by atoms with E-state index in [1.807, 2.05) is 20.8 Å². The summed E-state index contributed by atoms with van der Waals surface area (Å²) in [7, 11) is 1.56. The van der Waals surface area contributed by atoms with Crippen LogP contribution >= 0.6 is 0 Å². The predicted octanol–water partition coefficient (Wildman–Crippen LogP) is 2.37. The van der Waals surface area contributed by atoms with Crippen LogP contribution in [0.5, 0.6) is 11.5 Å². The van der Waals surface area contributed by atoms with Gasteiger partial charge in [0.05, 0.1) is 19.3 Å². The van der Waals surface area contributed by atoms with Crippen LogP contribution in [0.3, 0.4) is 0 Å². The molecule has 21 heavy (non-hydrogen) atoms. The predicted molar refractivity (Wildman–Crippen MR) is 82.0 cm³/mol. The summed E-state index contributed by atoms with van der Waals surface area (Å²) in [5.74, 6) is 0.889. The lowest BCUT2D eigenvalue weighted by atomic mass is 9.97. The van der Waals surface area contributed by atoms with Crippen molar-refractivity contribution >= 4 is 5.91 Å². The fraction of sp³-hybridized carbons (Fsp3) is 0.562. The van der Waals surface area contributed by atoms with E-state index in [0.29, 0.717) is 36.5 Å². The molecule has 118 valence electrons. The van der Waals surface area contributed by atoms with Gasteiger partial charge >= 0.3 is 0 Å². The molecule has 0 saturated carbocycles. The first-order chi connectivity index (χ1) is 9.99. The highest BCUT2D eigenvalue weighted by Crippen LogP contribution is 2.28. The Kier molecular flexibility index (Phi) is 6.49. The lowest BCUT2D eigenvalue weighted by Crippen LogP contribution is -2.42. The average molecular weight is 295 g/mol. The number of methoxy groups -OCH3 is 1. The SMILES string of the molecule is CCOc1cc(C(=O)NCC(O)(CC)CC)ccc1OC. The molecule has 5 nitrogen and oxygen atoms in total. The number of carbonyl (C=O) groups is 1. The molecule has 0 spiro atoms. The van der Waals surface area contributed by atoms with E-state index < -0.39 is 5.60 Å². The summed E-state index contributed by atoms with van der Waals surface area (Å²) in [6, 6.07) is 5.02. The van der Waals surface area contributed by atoms with E-state index in [1.54, 1.807) is 25.3 Å². The largest absolute Gasteiger partial charge is 0.493 e. The normalized spacial score (nSPS) is 11.1. The molecule has 0 aliphatic heterocycles. The molecule has 0 fully saturated rings. The molecule has 2 N–H and O–H groups in total. The Morgan fingerprint density at radius 3 is 2.43 bits per heavy atom. The lowest BCUT2D eigenvalue weighted by Gasteiger charge is -2.25. The second-order valence-corrected chi connectivity index (χ2v) is 4.91. The number of carbonyl (C=O) groups excluding carboxylic acids is 1. The highest BCUT2D eigenvalue weighted by atomic mass is 16.5. The quantitative estimate of drug-likeness (QED) is 0.772. The Bertz CT molecular complexity index is 469. The van der Waals surface area contributed by atoms with Crippen molar-refractivity contribution in [1.29, 1.82) is 0 Å². The van der Waals surface area contributed by atoms with E-state index in [1.165, 1.54) is 0 Å². The van der Waals surface area contributed by atoms with E-state index in [4.69, 9.17) is 9.47 Å². The van der Waals surface area contributed by atoms with Crippen LogP contribution in [-0.4, -0.2) is 36.9 Å². The smallest absolute Gasteiger partial charge is 0.251 e. The molecule has 5 heteroatoms. The summed E-state index contributed by atoms with van der Waals surface area (Å²) in [5, 5.41) is 12.9. The molecule has 1 aromatic carbocycles. The molecule has 0 radical (unpaired) electrons. The first-order valence-corrected chi connectivity index (χ1v) is 7.31. The number of aliphatic hydroxyl groups is 1. The van der Waals surface area contributed by atoms with Crippen molar-refractivity contribution in [3.63, 3.8) is 0 Å². The van der Waals surface area contributed by atoms with Gasteiger partial charge in [0.25, 0.3) is 5.91 Å². The summed E-state index contributed by atoms with van der Waals surface area (Å²) < 4.78 is 10.6. The number of ether oxygens (including phenoxy) is 2. The molecule has 0 atom stereocenters. The monoisotopic (exact) mass is 295 g/mol. The summed E-state index contributed by atoms with van der Waals surface area (Å²) in [6.45, 7) is 6.39. The Hall–Kier alpha value is -1.75. The van der Waals surface area contributed by atoms with Crippen LogP contribution < -0.4 is 14.8 Å². The highest BCUT2D eigenvalue weighted by molar-refractivity contribution is 5.94. The minimum absolute atomic E-state index is 0.231. The first-order valence-electron chi connectivity index (χ1n) is 7.31. The minimum atomic E-state index is -0.856. The number of hydrogen-bond donors (Lipinski definition) is 2. The van der Waals surface area contributed by atoms with Gasteiger partial charge in [0.15, 0.2) is 11.5 Å². The molecule has 0 aliphatic rings. The zero-order chi connectivity index (χ0) is 15.9. The third kappa shape index (κ3) is 4.63. The third-order valence-electron chi connectivity index (χ3n) is 3.62. The maximum absolute atomic E-state index is 12.2. The highest BCUT2D eigenvalue weighted by Gasteiger charge is 2.23. The van der Waals surface area contributed by atoms with E-state index in [0.717, 1.165) is 0 Å². The van der Waals surface area contributed by atoms with Gasteiger partial charge in [-0.25, -0.2) is 0 Å². The standard InChI is InChI=1S/C16H25NO4/c1-5-16(19,6-2)11-17-15(18)12-8-9-13(20-4)14(10-12)21-7-3/h8-10,19H,5-7,11H2,1-4H3,(H,17,18). The lowest BCUT2D eigenvalue weighted by molar-refractivity contribution is 0.0314. The molecule has 0 heterocycles. The first kappa shape index (κ1) is 17.3. The summed E-state index contributed by atoms with van der Waals surface area (Å²) >= 11 is 0. The van der Waals surface area contributed by atoms with Crippen LogP contribution in [-0.2, 0) is 0 Å². The zero-order valence-corrected chi connectivity index (χ0v) is 13.2. The van der Waals surface area contributed by atoms with E-state index in [2.05, 4.69) is 5.32 Å². The molecular formula is C16H25NO4. The topological polar surface area (TPSA) is 67.8 Å². The second-order valence-electron chi connectivity index (χ2n) is 4.91. The zero-order valence-electron chi connectivity index (χ0n) is 13.2. The summed E-state index contributed by atoms with van der Waals surface area (Å²) in [5.41, 5.74) is -0.376. The molecule has 0 bridgehead atoms. The maximum atomic E-state index is 12.2. The van der Waals surface area contributed by atoms with Gasteiger partial charge in [0, 0.05) is 12.1 Å². The number of nitrogens with one attached hydrogen (secondary N) is 1. The van der Waals surface area contributed by atoms with Crippen molar-refractivity contribution in [2.75, 3.05) is 20.3 Å². The van der Waals surface area contributed by atoms with Crippen molar-refractivity contribution in [1.82, 2.24) is 5.32 Å². The van der Waals surface area contributed by atoms with Gasteiger partial charge in [-0.05, 0) is 38.0 Å². The molecule has 0 unspecified atom stereocenters. The van der Waals surface area contributed by atoms with Crippen LogP contribution in [0.2, 0.25) is 0 Å². The van der Waals surface area contributed by atoms with Gasteiger partial charge in [0.2, 0.25) is 0 Å². The van der Waals surface area contributed by atoms with Gasteiger partial charge < -0.3 is 19.9 Å². The summed E-state index contributed by atoms with van der Waals surface area (Å²) in [4.78, 5) is 12.2. The molecule has 0 aromatic heterocycles. The van der Waals surface area contributed by atoms with Crippen LogP contribution in [0.15, 0.2) is 18.2 Å². The Morgan fingerprint density at radius 2 is 1.90 bits per heavy atom. The number of hydrogen-bond acceptors (Lipinski definition) is 4. The van der Waals surface area contributed by atoms with Crippen LogP contribution in [0.4, 0.5) is 0 Å². The van der Waals surface area contributed by atoms with Crippen LogP contribution in [0.25, 0.3) is 0 Å². The summed E-state index contributed by atoms with van der Waals surface area (Å²) in [6.07, 6.45) is 1.19. The number of rotatable bonds is 8. The fourth-order valence-corrected chi connectivity index (χ4v) is 1.93. The van der Waals surface area contributed by atoms with Crippen molar-refractivity contribution in [2.24, 2.45) is 0 Å². The molecule has 1 amide bonds. The van der Waals surface area contributed by atoms with Gasteiger partial charge in [-0.2, -0.15) is 0 Å². The maximum Gasteiger partial charge on any atom is 0.251 e. The molecule has 1 aromatic rings. The molecule has 0 aliphatic carbocycles. The minimum Gasteiger partial charge on any atom is -0.493 e. The second kappa shape index (κ2) is 7.88. The van der Waals surface area contributed by atoms with Crippen molar-refractivity contribution in [2.45, 2.75) is 39.2 Å². The Balaban J connectivity index is 2.81. The van der Waals surface area contributed by atoms with Gasteiger partial charge in [-0.1, -0.05) is 13.8 Å². The molecule has 0 saturated heterocycles.